The van der Waals surface area contributed by atoms with E-state index in [-0.39, 0.29) is 0 Å². The molecule has 0 aliphatic heterocycles. The first-order valence-electron chi connectivity index (χ1n) is 7.20. The molecule has 0 saturated heterocycles. The molecule has 1 heterocycles. The summed E-state index contributed by atoms with van der Waals surface area (Å²) < 4.78 is 0. The van der Waals surface area contributed by atoms with Crippen molar-refractivity contribution in [3.63, 3.8) is 0 Å². The number of rotatable bonds is 2. The van der Waals surface area contributed by atoms with Crippen LogP contribution in [-0.2, 0) is 0 Å². The smallest absolute Gasteiger partial charge is 0.144 e. The molecule has 2 aromatic carbocycles. The zero-order valence-corrected chi connectivity index (χ0v) is 13.9. The molecule has 0 aliphatic rings. The minimum absolute atomic E-state index is 0.714. The van der Waals surface area contributed by atoms with Gasteiger partial charge in [0.05, 0.1) is 5.52 Å². The summed E-state index contributed by atoms with van der Waals surface area (Å²) in [6, 6.07) is 9.90. The molecule has 3 aromatic rings. The summed E-state index contributed by atoms with van der Waals surface area (Å²) >= 11 is 6.11. The maximum atomic E-state index is 6.11. The molecule has 1 aromatic heterocycles. The van der Waals surface area contributed by atoms with Gasteiger partial charge in [-0.15, -0.1) is 0 Å². The van der Waals surface area contributed by atoms with Gasteiger partial charge >= 0.3 is 0 Å². The Morgan fingerprint density at radius 3 is 2.50 bits per heavy atom. The predicted molar refractivity (Wildman–Crippen MR) is 93.3 cm³/mol. The topological polar surface area (TPSA) is 29.0 Å². The Hall–Kier alpha value is -2.13. The van der Waals surface area contributed by atoms with Crippen LogP contribution in [0.15, 0.2) is 36.7 Å². The van der Waals surface area contributed by atoms with E-state index in [1.807, 2.05) is 31.3 Å². The Morgan fingerprint density at radius 2 is 1.77 bits per heavy atom. The molecule has 0 unspecified atom stereocenters. The normalized spacial score (nSPS) is 11.0. The molecule has 0 radical (unpaired) electrons. The minimum atomic E-state index is 0.714. The first-order valence-corrected chi connectivity index (χ1v) is 7.57. The second kappa shape index (κ2) is 5.58. The summed E-state index contributed by atoms with van der Waals surface area (Å²) in [6.07, 6.45) is 1.62. The molecule has 4 heteroatoms. The zero-order chi connectivity index (χ0) is 15.9. The second-order valence-corrected chi connectivity index (χ2v) is 6.01. The number of hydrogen-bond acceptors (Lipinski definition) is 3. The third kappa shape index (κ3) is 2.42. The Morgan fingerprint density at radius 1 is 1.00 bits per heavy atom. The van der Waals surface area contributed by atoms with Crippen LogP contribution < -0.4 is 4.90 Å². The molecule has 112 valence electrons. The molecule has 0 N–H and O–H groups in total. The van der Waals surface area contributed by atoms with Crippen molar-refractivity contribution in [2.24, 2.45) is 0 Å². The lowest BCUT2D eigenvalue weighted by Crippen LogP contribution is -2.12. The van der Waals surface area contributed by atoms with Crippen LogP contribution in [-0.4, -0.2) is 17.0 Å². The summed E-state index contributed by atoms with van der Waals surface area (Å²) in [4.78, 5) is 11.0. The van der Waals surface area contributed by atoms with Gasteiger partial charge in [-0.1, -0.05) is 17.7 Å². The Kier molecular flexibility index (Phi) is 3.75. The summed E-state index contributed by atoms with van der Waals surface area (Å²) in [5.41, 5.74) is 5.73. The summed E-state index contributed by atoms with van der Waals surface area (Å²) in [5, 5.41) is 1.81. The van der Waals surface area contributed by atoms with Crippen molar-refractivity contribution in [2.45, 2.75) is 20.8 Å². The molecule has 0 bridgehead atoms. The Balaban J connectivity index is 2.25. The van der Waals surface area contributed by atoms with Crippen molar-refractivity contribution in [2.75, 3.05) is 11.9 Å². The van der Waals surface area contributed by atoms with Crippen molar-refractivity contribution >= 4 is 34.0 Å². The van der Waals surface area contributed by atoms with E-state index in [4.69, 9.17) is 11.6 Å². The van der Waals surface area contributed by atoms with Gasteiger partial charge < -0.3 is 4.90 Å². The maximum Gasteiger partial charge on any atom is 0.144 e. The van der Waals surface area contributed by atoms with Gasteiger partial charge in [0, 0.05) is 23.1 Å². The Labute approximate surface area is 135 Å². The molecule has 22 heavy (non-hydrogen) atoms. The van der Waals surface area contributed by atoms with Crippen molar-refractivity contribution in [1.82, 2.24) is 9.97 Å². The van der Waals surface area contributed by atoms with Gasteiger partial charge in [0.1, 0.15) is 12.1 Å². The molecule has 0 atom stereocenters. The Bertz CT molecular complexity index is 858. The van der Waals surface area contributed by atoms with Gasteiger partial charge in [0.25, 0.3) is 0 Å². The number of hydrogen-bond donors (Lipinski definition) is 0. The van der Waals surface area contributed by atoms with Crippen LogP contribution in [0.1, 0.15) is 16.7 Å². The summed E-state index contributed by atoms with van der Waals surface area (Å²) in [5.74, 6) is 0.896. The molecule has 3 nitrogen and oxygen atoms in total. The second-order valence-electron chi connectivity index (χ2n) is 5.57. The lowest BCUT2D eigenvalue weighted by atomic mass is 9.99. The van der Waals surface area contributed by atoms with E-state index in [1.165, 1.54) is 16.7 Å². The first-order chi connectivity index (χ1) is 10.5. The van der Waals surface area contributed by atoms with Gasteiger partial charge in [-0.25, -0.2) is 9.97 Å². The molecule has 0 amide bonds. The highest BCUT2D eigenvalue weighted by Crippen LogP contribution is 2.33. The van der Waals surface area contributed by atoms with Crippen LogP contribution in [0.2, 0.25) is 5.02 Å². The summed E-state index contributed by atoms with van der Waals surface area (Å²) in [7, 11) is 2.00. The number of fused-ring (bicyclic) bond motifs is 1. The van der Waals surface area contributed by atoms with E-state index in [0.29, 0.717) is 5.02 Å². The largest absolute Gasteiger partial charge is 0.329 e. The molecule has 0 aliphatic carbocycles. The van der Waals surface area contributed by atoms with E-state index in [9.17, 15) is 0 Å². The van der Waals surface area contributed by atoms with Crippen LogP contribution in [0.5, 0.6) is 0 Å². The quantitative estimate of drug-likeness (QED) is 0.668. The molecule has 3 rings (SSSR count). The molecule has 0 fully saturated rings. The summed E-state index contributed by atoms with van der Waals surface area (Å²) in [6.45, 7) is 6.38. The number of aromatic nitrogens is 2. The van der Waals surface area contributed by atoms with Crippen LogP contribution in [0, 0.1) is 20.8 Å². The fraction of sp³-hybridized carbons (Fsp3) is 0.222. The van der Waals surface area contributed by atoms with Gasteiger partial charge in [-0.2, -0.15) is 0 Å². The van der Waals surface area contributed by atoms with E-state index in [0.717, 1.165) is 22.4 Å². The maximum absolute atomic E-state index is 6.11. The number of anilines is 2. The van der Waals surface area contributed by atoms with Gasteiger partial charge in [0.2, 0.25) is 0 Å². The van der Waals surface area contributed by atoms with E-state index in [2.05, 4.69) is 41.7 Å². The molecule has 0 saturated carbocycles. The average molecular weight is 312 g/mol. The number of benzene rings is 2. The van der Waals surface area contributed by atoms with E-state index in [1.54, 1.807) is 6.33 Å². The number of nitrogens with zero attached hydrogens (tertiary/aromatic N) is 3. The molecular formula is C18H18ClN3. The lowest BCUT2D eigenvalue weighted by Gasteiger charge is -2.21. The fourth-order valence-electron chi connectivity index (χ4n) is 2.72. The highest BCUT2D eigenvalue weighted by molar-refractivity contribution is 6.30. The van der Waals surface area contributed by atoms with Crippen molar-refractivity contribution < 1.29 is 0 Å². The molecular weight excluding hydrogens is 294 g/mol. The highest BCUT2D eigenvalue weighted by Gasteiger charge is 2.15. The monoisotopic (exact) mass is 311 g/mol. The van der Waals surface area contributed by atoms with Crippen LogP contribution >= 0.6 is 11.6 Å². The van der Waals surface area contributed by atoms with E-state index >= 15 is 0 Å². The van der Waals surface area contributed by atoms with E-state index < -0.39 is 0 Å². The van der Waals surface area contributed by atoms with Crippen molar-refractivity contribution in [3.8, 4) is 0 Å². The predicted octanol–water partition coefficient (Wildman–Crippen LogP) is 4.98. The standard InChI is InChI=1S/C18H18ClN3/c1-11-8-16-17(13(3)12(11)2)18(21-10-20-16)22(4)15-7-5-6-14(19)9-15/h5-10H,1-4H3. The number of aryl methyl sites for hydroxylation is 2. The first kappa shape index (κ1) is 14.8. The highest BCUT2D eigenvalue weighted by atomic mass is 35.5. The zero-order valence-electron chi connectivity index (χ0n) is 13.2. The van der Waals surface area contributed by atoms with Crippen LogP contribution in [0.3, 0.4) is 0 Å². The lowest BCUT2D eigenvalue weighted by molar-refractivity contribution is 1.10. The van der Waals surface area contributed by atoms with Crippen molar-refractivity contribution in [3.05, 3.63) is 58.4 Å². The third-order valence-electron chi connectivity index (χ3n) is 4.25. The van der Waals surface area contributed by atoms with Crippen molar-refractivity contribution in [1.29, 1.82) is 0 Å². The fourth-order valence-corrected chi connectivity index (χ4v) is 2.90. The SMILES string of the molecule is Cc1cc2ncnc(N(C)c3cccc(Cl)c3)c2c(C)c1C. The van der Waals surface area contributed by atoms with Gasteiger partial charge in [-0.3, -0.25) is 0 Å². The van der Waals surface area contributed by atoms with Crippen LogP contribution in [0.4, 0.5) is 11.5 Å². The third-order valence-corrected chi connectivity index (χ3v) is 4.49. The van der Waals surface area contributed by atoms with Gasteiger partial charge in [0.15, 0.2) is 0 Å². The minimum Gasteiger partial charge on any atom is -0.329 e. The van der Waals surface area contributed by atoms with Gasteiger partial charge in [-0.05, 0) is 61.7 Å². The number of halogens is 1. The average Bonchev–Trinajstić information content (AvgIpc) is 2.51. The molecule has 0 spiro atoms. The van der Waals surface area contributed by atoms with Crippen LogP contribution in [0.25, 0.3) is 10.9 Å².